The molecule has 0 rings (SSSR count). The molecule has 38 heavy (non-hydrogen) atoms. The van der Waals surface area contributed by atoms with Gasteiger partial charge in [0.05, 0.1) is 106 Å². The largest absolute Gasteiger partial charge is 0.463 e. The summed E-state index contributed by atoms with van der Waals surface area (Å²) in [5, 5.41) is 0. The maximum atomic E-state index is 11.8. The molecule has 0 saturated heterocycles. The summed E-state index contributed by atoms with van der Waals surface area (Å²) in [5.41, 5.74) is 0. The second kappa shape index (κ2) is 34.1. The first-order valence-electron chi connectivity index (χ1n) is 14.1. The van der Waals surface area contributed by atoms with Gasteiger partial charge in [0.15, 0.2) is 0 Å². The van der Waals surface area contributed by atoms with E-state index in [1.54, 1.807) is 0 Å². The van der Waals surface area contributed by atoms with Gasteiger partial charge in [-0.25, -0.2) is 4.39 Å². The first kappa shape index (κ1) is 37.1. The van der Waals surface area contributed by atoms with Gasteiger partial charge in [-0.15, -0.1) is 0 Å². The third-order valence-electron chi connectivity index (χ3n) is 5.05. The van der Waals surface area contributed by atoms with Crippen LogP contribution in [0.4, 0.5) is 4.39 Å². The zero-order chi connectivity index (χ0) is 27.6. The molecule has 0 aromatic rings. The molecule has 0 N–H and O–H groups in total. The Hall–Kier alpha value is -0.920. The molecule has 0 aromatic carbocycles. The van der Waals surface area contributed by atoms with Crippen LogP contribution >= 0.6 is 0 Å². The van der Waals surface area contributed by atoms with Crippen LogP contribution in [0, 0.1) is 0 Å². The Morgan fingerprint density at radius 2 is 0.763 bits per heavy atom. The van der Waals surface area contributed by atoms with Gasteiger partial charge in [-0.2, -0.15) is 0 Å². The van der Waals surface area contributed by atoms with Gasteiger partial charge in [-0.05, 0) is 6.42 Å². The number of alkyl halides is 1. The van der Waals surface area contributed by atoms with Crippen molar-refractivity contribution in [2.75, 3.05) is 119 Å². The third kappa shape index (κ3) is 33.1. The lowest BCUT2D eigenvalue weighted by Gasteiger charge is -2.09. The normalized spacial score (nSPS) is 11.3. The minimum atomic E-state index is -0.474. The number of hydrogen-bond donors (Lipinski definition) is 0. The fraction of sp³-hybridized carbons (Fsp3) is 0.963. The number of carbonyl (C=O) groups excluding carboxylic acids is 1. The predicted octanol–water partition coefficient (Wildman–Crippen LogP) is 3.38. The molecule has 0 aromatic heterocycles. The Bertz CT molecular complexity index is 460. The summed E-state index contributed by atoms with van der Waals surface area (Å²) in [6, 6.07) is 0. The summed E-state index contributed by atoms with van der Waals surface area (Å²) in [6.07, 6.45) is 7.42. The van der Waals surface area contributed by atoms with Crippen molar-refractivity contribution in [3.63, 3.8) is 0 Å². The van der Waals surface area contributed by atoms with Crippen molar-refractivity contribution in [1.29, 1.82) is 0 Å². The molecule has 0 heterocycles. The smallest absolute Gasteiger partial charge is 0.305 e. The van der Waals surface area contributed by atoms with Crippen molar-refractivity contribution < 1.29 is 51.8 Å². The second-order valence-corrected chi connectivity index (χ2v) is 8.33. The molecular weight excluding hydrogens is 503 g/mol. The van der Waals surface area contributed by atoms with Gasteiger partial charge in [-0.1, -0.05) is 39.0 Å². The molecule has 0 saturated carbocycles. The SMILES string of the molecule is CCCCCCCCC(=O)OCCOCCOCCOCCOCCOCCOCCOCCOCCF. The second-order valence-electron chi connectivity index (χ2n) is 8.33. The van der Waals surface area contributed by atoms with Crippen LogP contribution in [0.2, 0.25) is 0 Å². The van der Waals surface area contributed by atoms with Crippen LogP contribution < -0.4 is 0 Å². The maximum absolute atomic E-state index is 11.8. The molecule has 0 aliphatic carbocycles. The minimum absolute atomic E-state index is 0.113. The van der Waals surface area contributed by atoms with Crippen LogP contribution in [0.25, 0.3) is 0 Å². The number of hydrogen-bond acceptors (Lipinski definition) is 10. The van der Waals surface area contributed by atoms with E-state index in [0.29, 0.717) is 106 Å². The Balaban J connectivity index is 3.09. The van der Waals surface area contributed by atoms with Crippen LogP contribution in [-0.2, 0) is 47.4 Å². The van der Waals surface area contributed by atoms with E-state index in [1.165, 1.54) is 25.7 Å². The molecule has 0 unspecified atom stereocenters. The highest BCUT2D eigenvalue weighted by atomic mass is 19.1. The van der Waals surface area contributed by atoms with Gasteiger partial charge in [0, 0.05) is 6.42 Å². The first-order valence-corrected chi connectivity index (χ1v) is 14.1. The lowest BCUT2D eigenvalue weighted by atomic mass is 10.1. The van der Waals surface area contributed by atoms with Crippen LogP contribution in [0.3, 0.4) is 0 Å². The fourth-order valence-electron chi connectivity index (χ4n) is 3.03. The van der Waals surface area contributed by atoms with Gasteiger partial charge >= 0.3 is 5.97 Å². The van der Waals surface area contributed by atoms with Crippen molar-refractivity contribution in [1.82, 2.24) is 0 Å². The van der Waals surface area contributed by atoms with Crippen LogP contribution in [0.5, 0.6) is 0 Å². The number of rotatable bonds is 33. The quantitative estimate of drug-likeness (QED) is 0.0883. The maximum Gasteiger partial charge on any atom is 0.305 e. The zero-order valence-corrected chi connectivity index (χ0v) is 23.6. The fourth-order valence-corrected chi connectivity index (χ4v) is 3.03. The Labute approximate surface area is 229 Å². The molecule has 0 spiro atoms. The van der Waals surface area contributed by atoms with Crippen LogP contribution in [0.1, 0.15) is 51.9 Å². The first-order chi connectivity index (χ1) is 18.8. The predicted molar refractivity (Wildman–Crippen MR) is 141 cm³/mol. The Kier molecular flexibility index (Phi) is 33.3. The van der Waals surface area contributed by atoms with Crippen molar-refractivity contribution in [2.24, 2.45) is 0 Å². The van der Waals surface area contributed by atoms with E-state index in [9.17, 15) is 9.18 Å². The average Bonchev–Trinajstić information content (AvgIpc) is 2.92. The highest BCUT2D eigenvalue weighted by Gasteiger charge is 2.02. The molecule has 0 aliphatic rings. The summed E-state index contributed by atoms with van der Waals surface area (Å²) in [5.74, 6) is -0.145. The Morgan fingerprint density at radius 3 is 1.13 bits per heavy atom. The van der Waals surface area contributed by atoms with Crippen LogP contribution in [0.15, 0.2) is 0 Å². The topological polar surface area (TPSA) is 100 Å². The molecule has 0 aliphatic heterocycles. The number of unbranched alkanes of at least 4 members (excludes halogenated alkanes) is 5. The summed E-state index contributed by atoms with van der Waals surface area (Å²) in [4.78, 5) is 11.6. The molecule has 0 atom stereocenters. The van der Waals surface area contributed by atoms with Crippen molar-refractivity contribution >= 4 is 5.97 Å². The molecule has 10 nitrogen and oxygen atoms in total. The average molecular weight is 557 g/mol. The van der Waals surface area contributed by atoms with E-state index in [0.717, 1.165) is 12.8 Å². The number of ether oxygens (including phenoxy) is 9. The standard InChI is InChI=1S/C27H53FO10/c1-2-3-4-5-6-7-8-27(29)38-26-25-37-24-23-36-22-21-35-20-19-34-18-17-33-16-15-32-14-13-31-12-11-30-10-9-28/h2-26H2,1H3. The lowest BCUT2D eigenvalue weighted by Crippen LogP contribution is -2.15. The van der Waals surface area contributed by atoms with E-state index in [4.69, 9.17) is 42.6 Å². The van der Waals surface area contributed by atoms with Gasteiger partial charge in [0.2, 0.25) is 0 Å². The number of carbonyl (C=O) groups is 1. The van der Waals surface area contributed by atoms with Crippen molar-refractivity contribution in [2.45, 2.75) is 51.9 Å². The third-order valence-corrected chi connectivity index (χ3v) is 5.05. The van der Waals surface area contributed by atoms with Crippen molar-refractivity contribution in [3.05, 3.63) is 0 Å². The molecule has 0 amide bonds. The number of esters is 1. The zero-order valence-electron chi connectivity index (χ0n) is 23.6. The van der Waals surface area contributed by atoms with E-state index >= 15 is 0 Å². The van der Waals surface area contributed by atoms with Gasteiger partial charge in [0.25, 0.3) is 0 Å². The summed E-state index contributed by atoms with van der Waals surface area (Å²) in [6.45, 7) is 9.12. The molecular formula is C27H53FO10. The lowest BCUT2D eigenvalue weighted by molar-refractivity contribution is -0.145. The van der Waals surface area contributed by atoms with E-state index in [-0.39, 0.29) is 19.2 Å². The highest BCUT2D eigenvalue weighted by Crippen LogP contribution is 2.07. The van der Waals surface area contributed by atoms with E-state index in [2.05, 4.69) is 6.92 Å². The Morgan fingerprint density at radius 1 is 0.447 bits per heavy atom. The van der Waals surface area contributed by atoms with Gasteiger partial charge in [0.1, 0.15) is 13.3 Å². The summed E-state index contributed by atoms with van der Waals surface area (Å²) < 4.78 is 59.7. The molecule has 0 bridgehead atoms. The van der Waals surface area contributed by atoms with Crippen LogP contribution in [-0.4, -0.2) is 125 Å². The monoisotopic (exact) mass is 556 g/mol. The summed E-state index contributed by atoms with van der Waals surface area (Å²) in [7, 11) is 0. The van der Waals surface area contributed by atoms with E-state index < -0.39 is 6.67 Å². The van der Waals surface area contributed by atoms with E-state index in [1.807, 2.05) is 0 Å². The molecule has 0 fully saturated rings. The summed E-state index contributed by atoms with van der Waals surface area (Å²) >= 11 is 0. The molecule has 11 heteroatoms. The minimum Gasteiger partial charge on any atom is -0.463 e. The number of halogens is 1. The molecule has 228 valence electrons. The van der Waals surface area contributed by atoms with Gasteiger partial charge in [-0.3, -0.25) is 4.79 Å². The highest BCUT2D eigenvalue weighted by molar-refractivity contribution is 5.69. The van der Waals surface area contributed by atoms with Gasteiger partial charge < -0.3 is 42.6 Å². The molecule has 0 radical (unpaired) electrons. The van der Waals surface area contributed by atoms with Crippen molar-refractivity contribution in [3.8, 4) is 0 Å².